The number of hydrogen-bond acceptors (Lipinski definition) is 1. The smallest absolute Gasteiger partial charge is 0.274 e. The molecule has 0 fully saturated rings. The van der Waals surface area contributed by atoms with Crippen LogP contribution in [-0.2, 0) is 4.57 Å². The van der Waals surface area contributed by atoms with Crippen molar-refractivity contribution >= 4 is 8.46 Å². The Kier molecular flexibility index (Phi) is 6.42. The Balaban J connectivity index is 4.68. The first-order valence-corrected chi connectivity index (χ1v) is 6.16. The molecule has 0 N–H and O–H groups in total. The molecule has 0 aliphatic heterocycles. The summed E-state index contributed by atoms with van der Waals surface area (Å²) in [7, 11) is -0.778. The van der Waals surface area contributed by atoms with E-state index < -0.39 is 19.8 Å². The Hall–Kier alpha value is -0.110. The Labute approximate surface area is 90.6 Å². The average molecular weight is 242 g/mol. The molecule has 0 amide bonds. The molecule has 0 rings (SSSR count). The minimum absolute atomic E-state index is 0.0297. The van der Waals surface area contributed by atoms with E-state index in [1.165, 1.54) is 0 Å². The van der Waals surface area contributed by atoms with Gasteiger partial charge in [0.05, 0.1) is 0 Å². The zero-order valence-electron chi connectivity index (χ0n) is 9.23. The molecule has 0 aromatic rings. The van der Waals surface area contributed by atoms with Crippen LogP contribution in [0.2, 0.25) is 0 Å². The molecule has 0 aromatic heterocycles. The molecule has 0 spiro atoms. The third-order valence-corrected chi connectivity index (χ3v) is 3.64. The van der Waals surface area contributed by atoms with Gasteiger partial charge >= 0.3 is 6.18 Å². The zero-order chi connectivity index (χ0) is 11.9. The predicted octanol–water partition coefficient (Wildman–Crippen LogP) is 4.96. The summed E-state index contributed by atoms with van der Waals surface area (Å²) in [5.41, 5.74) is 0. The topological polar surface area (TPSA) is 17.1 Å². The number of rotatable bonds is 7. The number of alkyl halides is 3. The van der Waals surface area contributed by atoms with Crippen molar-refractivity contribution in [3.63, 3.8) is 0 Å². The summed E-state index contributed by atoms with van der Waals surface area (Å²) < 4.78 is 49.3. The molecule has 0 aromatic carbocycles. The first kappa shape index (κ1) is 14.9. The quantitative estimate of drug-likeness (QED) is 0.576. The molecule has 5 heteroatoms. The Morgan fingerprint density at radius 2 is 1.40 bits per heavy atom. The van der Waals surface area contributed by atoms with Crippen LogP contribution in [0.15, 0.2) is 0 Å². The van der Waals surface area contributed by atoms with Crippen LogP contribution in [0.3, 0.4) is 0 Å². The van der Waals surface area contributed by atoms with E-state index in [-0.39, 0.29) is 12.8 Å². The molecule has 0 saturated carbocycles. The lowest BCUT2D eigenvalue weighted by molar-refractivity contribution is -0.164. The molecule has 1 nitrogen and oxygen atoms in total. The van der Waals surface area contributed by atoms with Gasteiger partial charge in [-0.05, 0) is 12.8 Å². The lowest BCUT2D eigenvalue weighted by Crippen LogP contribution is -2.39. The maximum absolute atomic E-state index is 12.8. The lowest BCUT2D eigenvalue weighted by atomic mass is 9.94. The van der Waals surface area contributed by atoms with E-state index in [0.29, 0.717) is 25.7 Å². The molecule has 90 valence electrons. The highest BCUT2D eigenvalue weighted by Gasteiger charge is 2.54. The van der Waals surface area contributed by atoms with Gasteiger partial charge in [-0.1, -0.05) is 39.5 Å². The summed E-state index contributed by atoms with van der Waals surface area (Å²) in [5.74, 6) is 0. The van der Waals surface area contributed by atoms with Crippen molar-refractivity contribution in [2.24, 2.45) is 0 Å². The maximum Gasteiger partial charge on any atom is 0.404 e. The van der Waals surface area contributed by atoms with E-state index in [9.17, 15) is 17.7 Å². The van der Waals surface area contributed by atoms with Gasteiger partial charge in [0, 0.05) is 0 Å². The highest BCUT2D eigenvalue weighted by atomic mass is 31.1. The van der Waals surface area contributed by atoms with E-state index in [1.807, 2.05) is 13.8 Å². The molecular weight excluding hydrogens is 224 g/mol. The van der Waals surface area contributed by atoms with Gasteiger partial charge < -0.3 is 0 Å². The normalized spacial score (nSPS) is 13.4. The van der Waals surface area contributed by atoms with Crippen molar-refractivity contribution in [1.82, 2.24) is 0 Å². The largest absolute Gasteiger partial charge is 0.404 e. The van der Waals surface area contributed by atoms with E-state index in [4.69, 9.17) is 0 Å². The van der Waals surface area contributed by atoms with Gasteiger partial charge in [0.1, 0.15) is 5.16 Å². The predicted molar refractivity (Wildman–Crippen MR) is 55.4 cm³/mol. The Morgan fingerprint density at radius 3 is 1.60 bits per heavy atom. The molecule has 0 unspecified atom stereocenters. The monoisotopic (exact) mass is 242 g/mol. The van der Waals surface area contributed by atoms with E-state index in [1.54, 1.807) is 0 Å². The van der Waals surface area contributed by atoms with Crippen molar-refractivity contribution in [2.45, 2.75) is 63.7 Å². The van der Waals surface area contributed by atoms with Crippen LogP contribution in [0.1, 0.15) is 52.4 Å². The molecule has 0 aliphatic carbocycles. The maximum atomic E-state index is 12.8. The molecular formula is C10H18F3OP. The molecule has 15 heavy (non-hydrogen) atoms. The third-order valence-electron chi connectivity index (χ3n) is 2.59. The minimum atomic E-state index is -4.36. The number of unbranched alkanes of at least 4 members (excludes halogenated alkanes) is 2. The average Bonchev–Trinajstić information content (AvgIpc) is 2.17. The summed E-state index contributed by atoms with van der Waals surface area (Å²) in [6.07, 6.45) is -2.09. The second kappa shape index (κ2) is 6.47. The SMILES string of the molecule is CCCCC(CCCC)(P=O)C(F)(F)F. The molecule has 0 aliphatic rings. The van der Waals surface area contributed by atoms with Crippen LogP contribution in [0.25, 0.3) is 0 Å². The van der Waals surface area contributed by atoms with Gasteiger partial charge in [-0.15, -0.1) is 0 Å². The first-order chi connectivity index (χ1) is 6.93. The van der Waals surface area contributed by atoms with Crippen LogP contribution in [-0.4, -0.2) is 11.3 Å². The van der Waals surface area contributed by atoms with Gasteiger partial charge in [-0.2, -0.15) is 13.2 Å². The van der Waals surface area contributed by atoms with Crippen molar-refractivity contribution < 1.29 is 17.7 Å². The van der Waals surface area contributed by atoms with Crippen LogP contribution < -0.4 is 0 Å². The standard InChI is InChI=1S/C10H18F3OP/c1-3-5-7-9(15-14,8-6-4-2)10(11,12)13/h3-8H2,1-2H3. The van der Waals surface area contributed by atoms with Gasteiger partial charge in [-0.25, -0.2) is 0 Å². The van der Waals surface area contributed by atoms with E-state index >= 15 is 0 Å². The van der Waals surface area contributed by atoms with Crippen molar-refractivity contribution in [3.8, 4) is 0 Å². The zero-order valence-corrected chi connectivity index (χ0v) is 10.1. The molecule has 0 bridgehead atoms. The van der Waals surface area contributed by atoms with Crippen LogP contribution >= 0.6 is 8.46 Å². The van der Waals surface area contributed by atoms with Crippen molar-refractivity contribution in [1.29, 1.82) is 0 Å². The number of hydrogen-bond donors (Lipinski definition) is 0. The number of halogens is 3. The fraction of sp³-hybridized carbons (Fsp3) is 1.00. The first-order valence-electron chi connectivity index (χ1n) is 5.34. The highest BCUT2D eigenvalue weighted by Crippen LogP contribution is 2.47. The fourth-order valence-corrected chi connectivity index (χ4v) is 2.09. The van der Waals surface area contributed by atoms with Gasteiger partial charge in [0.25, 0.3) is 0 Å². The van der Waals surface area contributed by atoms with Crippen LogP contribution in [0.4, 0.5) is 13.2 Å². The van der Waals surface area contributed by atoms with Crippen molar-refractivity contribution in [3.05, 3.63) is 0 Å². The lowest BCUT2D eigenvalue weighted by Gasteiger charge is -2.29. The van der Waals surface area contributed by atoms with Gasteiger partial charge in [0.2, 0.25) is 0 Å². The van der Waals surface area contributed by atoms with Gasteiger partial charge in [-0.3, -0.25) is 4.57 Å². The highest BCUT2D eigenvalue weighted by molar-refractivity contribution is 7.26. The fourth-order valence-electron chi connectivity index (χ4n) is 1.49. The third kappa shape index (κ3) is 4.10. The molecule has 0 saturated heterocycles. The second-order valence-electron chi connectivity index (χ2n) is 3.83. The van der Waals surface area contributed by atoms with Crippen LogP contribution in [0, 0.1) is 0 Å². The van der Waals surface area contributed by atoms with E-state index in [2.05, 4.69) is 0 Å². The van der Waals surface area contributed by atoms with E-state index in [0.717, 1.165) is 0 Å². The Bertz CT molecular complexity index is 184. The Morgan fingerprint density at radius 1 is 1.00 bits per heavy atom. The minimum Gasteiger partial charge on any atom is -0.274 e. The summed E-state index contributed by atoms with van der Waals surface area (Å²) in [5, 5.41) is -2.00. The van der Waals surface area contributed by atoms with Crippen LogP contribution in [0.5, 0.6) is 0 Å². The molecule has 0 atom stereocenters. The summed E-state index contributed by atoms with van der Waals surface area (Å²) in [4.78, 5) is 0. The summed E-state index contributed by atoms with van der Waals surface area (Å²) >= 11 is 0. The second-order valence-corrected chi connectivity index (χ2v) is 4.87. The van der Waals surface area contributed by atoms with Gasteiger partial charge in [0.15, 0.2) is 8.46 Å². The molecule has 0 radical (unpaired) electrons. The summed E-state index contributed by atoms with van der Waals surface area (Å²) in [6, 6.07) is 0. The van der Waals surface area contributed by atoms with Crippen molar-refractivity contribution in [2.75, 3.05) is 0 Å². The molecule has 0 heterocycles. The summed E-state index contributed by atoms with van der Waals surface area (Å²) in [6.45, 7) is 3.67.